The van der Waals surface area contributed by atoms with Gasteiger partial charge in [0.2, 0.25) is 11.8 Å². The summed E-state index contributed by atoms with van der Waals surface area (Å²) in [4.78, 5) is 26.9. The molecule has 2 N–H and O–H groups in total. The topological polar surface area (TPSA) is 63.4 Å². The Balaban J connectivity index is 1.81. The van der Waals surface area contributed by atoms with Crippen molar-refractivity contribution >= 4 is 50.9 Å². The highest BCUT2D eigenvalue weighted by Crippen LogP contribution is 2.34. The second-order valence-corrected chi connectivity index (χ2v) is 7.12. The summed E-state index contributed by atoms with van der Waals surface area (Å²) in [7, 11) is 0. The summed E-state index contributed by atoms with van der Waals surface area (Å²) in [6.07, 6.45) is 0.203. The molecule has 6 heteroatoms. The Labute approximate surface area is 140 Å². The van der Waals surface area contributed by atoms with Crippen LogP contribution in [-0.4, -0.2) is 17.1 Å². The van der Waals surface area contributed by atoms with Crippen LogP contribution in [0.3, 0.4) is 0 Å². The Morgan fingerprint density at radius 1 is 1.14 bits per heavy atom. The van der Waals surface area contributed by atoms with Crippen LogP contribution in [0.15, 0.2) is 57.9 Å². The molecular weight excluding hydrogens is 364 g/mol. The molecule has 4 nitrogen and oxygen atoms in total. The molecule has 0 bridgehead atoms. The number of halogens is 1. The van der Waals surface area contributed by atoms with Crippen molar-refractivity contribution in [2.45, 2.75) is 16.6 Å². The monoisotopic (exact) mass is 376 g/mol. The quantitative estimate of drug-likeness (QED) is 0.657. The Bertz CT molecular complexity index is 733. The van der Waals surface area contributed by atoms with Crippen molar-refractivity contribution in [2.24, 2.45) is 0 Å². The van der Waals surface area contributed by atoms with Gasteiger partial charge in [-0.3, -0.25) is 9.59 Å². The van der Waals surface area contributed by atoms with Crippen LogP contribution in [0.5, 0.6) is 0 Å². The van der Waals surface area contributed by atoms with Crippen LogP contribution in [0.4, 0.5) is 11.4 Å². The average Bonchev–Trinajstić information content (AvgIpc) is 2.75. The molecule has 1 aliphatic heterocycles. The van der Waals surface area contributed by atoms with Gasteiger partial charge in [-0.1, -0.05) is 22.0 Å². The molecule has 2 aromatic carbocycles. The lowest BCUT2D eigenvalue weighted by atomic mass is 10.3. The lowest BCUT2D eigenvalue weighted by molar-refractivity contribution is -0.121. The first-order valence-corrected chi connectivity index (χ1v) is 8.36. The van der Waals surface area contributed by atoms with Crippen LogP contribution in [0.25, 0.3) is 0 Å². The van der Waals surface area contributed by atoms with E-state index in [1.165, 1.54) is 16.7 Å². The van der Waals surface area contributed by atoms with Gasteiger partial charge in [-0.15, -0.1) is 11.8 Å². The zero-order valence-electron chi connectivity index (χ0n) is 11.5. The van der Waals surface area contributed by atoms with Crippen LogP contribution >= 0.6 is 27.7 Å². The lowest BCUT2D eigenvalue weighted by Gasteiger charge is -2.15. The van der Waals surface area contributed by atoms with Gasteiger partial charge in [0.15, 0.2) is 0 Å². The van der Waals surface area contributed by atoms with E-state index in [9.17, 15) is 9.59 Å². The van der Waals surface area contributed by atoms with Gasteiger partial charge in [-0.05, 0) is 42.5 Å². The molecule has 0 aliphatic carbocycles. The SMILES string of the molecule is Nc1cccc(SC2CC(=O)N(c3ccc(Br)cc3)C2=O)c1. The number of hydrogen-bond acceptors (Lipinski definition) is 4. The van der Waals surface area contributed by atoms with Crippen LogP contribution < -0.4 is 10.6 Å². The third-order valence-corrected chi connectivity index (χ3v) is 5.03. The van der Waals surface area contributed by atoms with E-state index in [4.69, 9.17) is 5.73 Å². The number of thioether (sulfide) groups is 1. The third kappa shape index (κ3) is 3.03. The number of hydrogen-bond donors (Lipinski definition) is 1. The summed E-state index contributed by atoms with van der Waals surface area (Å²) in [5.74, 6) is -0.353. The minimum atomic E-state index is -0.405. The minimum Gasteiger partial charge on any atom is -0.399 e. The summed E-state index contributed by atoms with van der Waals surface area (Å²) in [6, 6.07) is 14.5. The molecule has 2 aromatic rings. The Morgan fingerprint density at radius 3 is 2.55 bits per heavy atom. The van der Waals surface area contributed by atoms with Gasteiger partial charge < -0.3 is 5.73 Å². The molecule has 1 unspecified atom stereocenters. The van der Waals surface area contributed by atoms with Crippen molar-refractivity contribution in [1.29, 1.82) is 0 Å². The molecule has 22 heavy (non-hydrogen) atoms. The van der Waals surface area contributed by atoms with Crippen molar-refractivity contribution in [3.8, 4) is 0 Å². The number of rotatable bonds is 3. The van der Waals surface area contributed by atoms with Gasteiger partial charge in [0, 0.05) is 21.5 Å². The van der Waals surface area contributed by atoms with Gasteiger partial charge in [0.05, 0.1) is 10.9 Å². The first kappa shape index (κ1) is 15.1. The summed E-state index contributed by atoms with van der Waals surface area (Å²) in [6.45, 7) is 0. The number of imide groups is 1. The molecule has 1 atom stereocenters. The van der Waals surface area contributed by atoms with Crippen molar-refractivity contribution in [1.82, 2.24) is 0 Å². The van der Waals surface area contributed by atoms with Crippen LogP contribution in [0.2, 0.25) is 0 Å². The molecule has 112 valence electrons. The molecule has 1 saturated heterocycles. The zero-order valence-corrected chi connectivity index (χ0v) is 13.9. The highest BCUT2D eigenvalue weighted by molar-refractivity contribution is 9.10. The normalized spacial score (nSPS) is 18.0. The maximum absolute atomic E-state index is 12.5. The van der Waals surface area contributed by atoms with E-state index in [0.717, 1.165) is 9.37 Å². The fourth-order valence-corrected chi connectivity index (χ4v) is 3.70. The number of amides is 2. The molecule has 1 fully saturated rings. The Hall–Kier alpha value is -1.79. The number of nitrogen functional groups attached to an aromatic ring is 1. The minimum absolute atomic E-state index is 0.172. The van der Waals surface area contributed by atoms with Crippen LogP contribution in [0, 0.1) is 0 Å². The summed E-state index contributed by atoms with van der Waals surface area (Å²) < 4.78 is 0.904. The largest absolute Gasteiger partial charge is 0.399 e. The fraction of sp³-hybridized carbons (Fsp3) is 0.125. The first-order valence-electron chi connectivity index (χ1n) is 6.69. The van der Waals surface area contributed by atoms with E-state index >= 15 is 0 Å². The lowest BCUT2D eigenvalue weighted by Crippen LogP contribution is -2.31. The molecule has 1 aliphatic rings. The van der Waals surface area contributed by atoms with E-state index in [0.29, 0.717) is 11.4 Å². The highest BCUT2D eigenvalue weighted by Gasteiger charge is 2.40. The molecule has 3 rings (SSSR count). The van der Waals surface area contributed by atoms with Crippen molar-refractivity contribution in [2.75, 3.05) is 10.6 Å². The van der Waals surface area contributed by atoms with Crippen molar-refractivity contribution in [3.05, 3.63) is 53.0 Å². The maximum atomic E-state index is 12.5. The van der Waals surface area contributed by atoms with E-state index < -0.39 is 5.25 Å². The number of nitrogens with zero attached hydrogens (tertiary/aromatic N) is 1. The molecule has 0 radical (unpaired) electrons. The molecule has 0 spiro atoms. The summed E-state index contributed by atoms with van der Waals surface area (Å²) in [5, 5.41) is -0.405. The number of carbonyl (C=O) groups is 2. The molecule has 2 amide bonds. The van der Waals surface area contributed by atoms with E-state index in [1.807, 2.05) is 30.3 Å². The average molecular weight is 377 g/mol. The number of anilines is 2. The van der Waals surface area contributed by atoms with Crippen molar-refractivity contribution in [3.63, 3.8) is 0 Å². The van der Waals surface area contributed by atoms with E-state index in [1.54, 1.807) is 18.2 Å². The van der Waals surface area contributed by atoms with Gasteiger partial charge in [-0.2, -0.15) is 0 Å². The second kappa shape index (κ2) is 6.14. The first-order chi connectivity index (χ1) is 10.5. The predicted molar refractivity (Wildman–Crippen MR) is 91.8 cm³/mol. The van der Waals surface area contributed by atoms with E-state index in [-0.39, 0.29) is 18.2 Å². The molecular formula is C16H13BrN2O2S. The molecule has 1 heterocycles. The summed E-state index contributed by atoms with van der Waals surface area (Å²) in [5.41, 5.74) is 7.00. The van der Waals surface area contributed by atoms with Crippen LogP contribution in [0.1, 0.15) is 6.42 Å². The maximum Gasteiger partial charge on any atom is 0.247 e. The smallest absolute Gasteiger partial charge is 0.247 e. The molecule has 0 aromatic heterocycles. The Morgan fingerprint density at radius 2 is 1.86 bits per heavy atom. The highest BCUT2D eigenvalue weighted by atomic mass is 79.9. The number of nitrogens with two attached hydrogens (primary N) is 1. The van der Waals surface area contributed by atoms with E-state index in [2.05, 4.69) is 15.9 Å². The standard InChI is InChI=1S/C16H13BrN2O2S/c17-10-4-6-12(7-5-10)19-15(20)9-14(16(19)21)22-13-3-1-2-11(18)8-13/h1-8,14H,9,18H2. The predicted octanol–water partition coefficient (Wildman–Crippen LogP) is 3.46. The third-order valence-electron chi connectivity index (χ3n) is 3.33. The van der Waals surface area contributed by atoms with Gasteiger partial charge in [0.1, 0.15) is 0 Å². The van der Waals surface area contributed by atoms with Gasteiger partial charge >= 0.3 is 0 Å². The number of benzene rings is 2. The van der Waals surface area contributed by atoms with Crippen LogP contribution in [-0.2, 0) is 9.59 Å². The summed E-state index contributed by atoms with van der Waals surface area (Å²) >= 11 is 4.72. The van der Waals surface area contributed by atoms with Gasteiger partial charge in [-0.25, -0.2) is 4.90 Å². The van der Waals surface area contributed by atoms with Crippen molar-refractivity contribution < 1.29 is 9.59 Å². The van der Waals surface area contributed by atoms with Gasteiger partial charge in [0.25, 0.3) is 0 Å². The fourth-order valence-electron chi connectivity index (χ4n) is 2.31. The second-order valence-electron chi connectivity index (χ2n) is 4.93. The molecule has 0 saturated carbocycles. The number of carbonyl (C=O) groups excluding carboxylic acids is 2. The Kier molecular flexibility index (Phi) is 4.22. The zero-order chi connectivity index (χ0) is 15.7.